The van der Waals surface area contributed by atoms with Crippen LogP contribution in [0.15, 0.2) is 27.4 Å². The SMILES string of the molecule is CN(CCc1ccc2oc(=O)[nH]c2c1)CC(C)(C)O. The minimum absolute atomic E-state index is 0.425. The van der Waals surface area contributed by atoms with Crippen molar-refractivity contribution in [3.8, 4) is 0 Å². The van der Waals surface area contributed by atoms with Gasteiger partial charge in [0.05, 0.1) is 11.1 Å². The maximum atomic E-state index is 11.1. The van der Waals surface area contributed by atoms with E-state index in [2.05, 4.69) is 9.88 Å². The molecule has 2 N–H and O–H groups in total. The van der Waals surface area contributed by atoms with E-state index in [0.29, 0.717) is 12.1 Å². The predicted molar refractivity (Wildman–Crippen MR) is 74.3 cm³/mol. The lowest BCUT2D eigenvalue weighted by Gasteiger charge is -2.25. The van der Waals surface area contributed by atoms with Gasteiger partial charge in [0, 0.05) is 13.1 Å². The zero-order chi connectivity index (χ0) is 14.0. The van der Waals surface area contributed by atoms with E-state index in [0.717, 1.165) is 24.0 Å². The van der Waals surface area contributed by atoms with Gasteiger partial charge >= 0.3 is 5.76 Å². The maximum absolute atomic E-state index is 11.1. The molecule has 0 aliphatic carbocycles. The lowest BCUT2D eigenvalue weighted by atomic mass is 10.1. The molecule has 0 fully saturated rings. The first-order chi connectivity index (χ1) is 8.83. The topological polar surface area (TPSA) is 69.5 Å². The molecular formula is C14H20N2O3. The average molecular weight is 264 g/mol. The molecule has 5 nitrogen and oxygen atoms in total. The van der Waals surface area contributed by atoms with Gasteiger partial charge in [-0.05, 0) is 45.0 Å². The Morgan fingerprint density at radius 2 is 2.16 bits per heavy atom. The van der Waals surface area contributed by atoms with Gasteiger partial charge in [-0.2, -0.15) is 0 Å². The van der Waals surface area contributed by atoms with Crippen molar-refractivity contribution in [3.05, 3.63) is 34.3 Å². The molecule has 104 valence electrons. The second-order valence-electron chi connectivity index (χ2n) is 5.65. The molecule has 0 radical (unpaired) electrons. The van der Waals surface area contributed by atoms with Crippen molar-refractivity contribution < 1.29 is 9.52 Å². The summed E-state index contributed by atoms with van der Waals surface area (Å²) in [4.78, 5) is 15.8. The highest BCUT2D eigenvalue weighted by Gasteiger charge is 2.15. The van der Waals surface area contributed by atoms with Gasteiger partial charge < -0.3 is 14.4 Å². The molecule has 0 saturated carbocycles. The number of aromatic nitrogens is 1. The Bertz CT molecular complexity index is 607. The van der Waals surface area contributed by atoms with Gasteiger partial charge in [-0.25, -0.2) is 4.79 Å². The number of hydrogen-bond donors (Lipinski definition) is 2. The number of benzene rings is 1. The number of rotatable bonds is 5. The van der Waals surface area contributed by atoms with Crippen LogP contribution in [-0.2, 0) is 6.42 Å². The highest BCUT2D eigenvalue weighted by molar-refractivity contribution is 5.72. The van der Waals surface area contributed by atoms with Gasteiger partial charge in [0.25, 0.3) is 0 Å². The van der Waals surface area contributed by atoms with Crippen molar-refractivity contribution in [1.29, 1.82) is 0 Å². The Morgan fingerprint density at radius 1 is 1.42 bits per heavy atom. The van der Waals surface area contributed by atoms with Crippen LogP contribution in [0, 0.1) is 0 Å². The molecule has 19 heavy (non-hydrogen) atoms. The molecule has 0 spiro atoms. The highest BCUT2D eigenvalue weighted by Crippen LogP contribution is 2.13. The quantitative estimate of drug-likeness (QED) is 0.855. The molecule has 0 bridgehead atoms. The number of nitrogens with one attached hydrogen (secondary N) is 1. The monoisotopic (exact) mass is 264 g/mol. The van der Waals surface area contributed by atoms with E-state index in [1.165, 1.54) is 0 Å². The smallest absolute Gasteiger partial charge is 0.408 e. The van der Waals surface area contributed by atoms with Crippen LogP contribution in [0.2, 0.25) is 0 Å². The van der Waals surface area contributed by atoms with E-state index in [9.17, 15) is 9.90 Å². The third-order valence-corrected chi connectivity index (χ3v) is 2.92. The molecule has 1 aromatic heterocycles. The summed E-state index contributed by atoms with van der Waals surface area (Å²) >= 11 is 0. The summed E-state index contributed by atoms with van der Waals surface area (Å²) in [6.45, 7) is 5.06. The Balaban J connectivity index is 1.99. The van der Waals surface area contributed by atoms with Crippen LogP contribution < -0.4 is 5.76 Å². The number of aliphatic hydroxyl groups is 1. The normalized spacial score (nSPS) is 12.5. The van der Waals surface area contributed by atoms with Crippen LogP contribution in [0.1, 0.15) is 19.4 Å². The molecule has 0 aliphatic heterocycles. The van der Waals surface area contributed by atoms with E-state index in [-0.39, 0.29) is 0 Å². The minimum Gasteiger partial charge on any atom is -0.408 e. The van der Waals surface area contributed by atoms with Crippen molar-refractivity contribution in [3.63, 3.8) is 0 Å². The minimum atomic E-state index is -0.686. The van der Waals surface area contributed by atoms with Crippen LogP contribution in [0.5, 0.6) is 0 Å². The van der Waals surface area contributed by atoms with Gasteiger partial charge in [0.15, 0.2) is 5.58 Å². The summed E-state index contributed by atoms with van der Waals surface area (Å²) in [5.41, 5.74) is 1.76. The van der Waals surface area contributed by atoms with Crippen LogP contribution in [-0.4, -0.2) is 40.7 Å². The third kappa shape index (κ3) is 3.94. The van der Waals surface area contributed by atoms with E-state index < -0.39 is 11.4 Å². The maximum Gasteiger partial charge on any atom is 0.417 e. The number of hydrogen-bond acceptors (Lipinski definition) is 4. The first-order valence-electron chi connectivity index (χ1n) is 6.36. The molecule has 0 atom stereocenters. The second kappa shape index (κ2) is 5.19. The van der Waals surface area contributed by atoms with Gasteiger partial charge in [-0.3, -0.25) is 4.98 Å². The summed E-state index contributed by atoms with van der Waals surface area (Å²) in [5.74, 6) is -0.425. The number of aromatic amines is 1. The molecule has 2 rings (SSSR count). The lowest BCUT2D eigenvalue weighted by molar-refractivity contribution is 0.0450. The summed E-state index contributed by atoms with van der Waals surface area (Å²) in [7, 11) is 1.98. The Hall–Kier alpha value is -1.59. The molecular weight excluding hydrogens is 244 g/mol. The molecule has 2 aromatic rings. The number of oxazole rings is 1. The molecule has 1 aromatic carbocycles. The van der Waals surface area contributed by atoms with E-state index in [4.69, 9.17) is 4.42 Å². The van der Waals surface area contributed by atoms with Crippen molar-refractivity contribution in [1.82, 2.24) is 9.88 Å². The van der Waals surface area contributed by atoms with E-state index >= 15 is 0 Å². The molecule has 0 amide bonds. The first kappa shape index (κ1) is 13.8. The van der Waals surface area contributed by atoms with Crippen LogP contribution in [0.4, 0.5) is 0 Å². The predicted octanol–water partition coefficient (Wildman–Crippen LogP) is 1.37. The Labute approximate surface area is 111 Å². The molecule has 1 heterocycles. The van der Waals surface area contributed by atoms with Crippen molar-refractivity contribution in [2.24, 2.45) is 0 Å². The third-order valence-electron chi connectivity index (χ3n) is 2.92. The number of likely N-dealkylation sites (N-methyl/N-ethyl adjacent to an activating group) is 1. The van der Waals surface area contributed by atoms with Gasteiger partial charge in [-0.15, -0.1) is 0 Å². The standard InChI is InChI=1S/C14H20N2O3/c1-14(2,18)9-16(3)7-6-10-4-5-12-11(8-10)15-13(17)19-12/h4-5,8,18H,6-7,9H2,1-3H3,(H,15,17). The zero-order valence-electron chi connectivity index (χ0n) is 11.6. The molecule has 0 unspecified atom stereocenters. The van der Waals surface area contributed by atoms with Gasteiger partial charge in [0.1, 0.15) is 0 Å². The largest absolute Gasteiger partial charge is 0.417 e. The average Bonchev–Trinajstić information content (AvgIpc) is 2.63. The zero-order valence-corrected chi connectivity index (χ0v) is 11.6. The fourth-order valence-electron chi connectivity index (χ4n) is 2.21. The second-order valence-corrected chi connectivity index (χ2v) is 5.65. The number of nitrogens with zero attached hydrogens (tertiary/aromatic N) is 1. The highest BCUT2D eigenvalue weighted by atomic mass is 16.4. The molecule has 0 aliphatic rings. The summed E-state index contributed by atoms with van der Waals surface area (Å²) < 4.78 is 4.96. The summed E-state index contributed by atoms with van der Waals surface area (Å²) in [6, 6.07) is 5.69. The van der Waals surface area contributed by atoms with Gasteiger partial charge in [-0.1, -0.05) is 6.07 Å². The van der Waals surface area contributed by atoms with E-state index in [1.54, 1.807) is 19.9 Å². The first-order valence-corrected chi connectivity index (χ1v) is 6.36. The lowest BCUT2D eigenvalue weighted by Crippen LogP contribution is -2.37. The number of fused-ring (bicyclic) bond motifs is 1. The fourth-order valence-corrected chi connectivity index (χ4v) is 2.21. The molecule has 5 heteroatoms. The van der Waals surface area contributed by atoms with Crippen LogP contribution in [0.3, 0.4) is 0 Å². The van der Waals surface area contributed by atoms with Crippen molar-refractivity contribution in [2.75, 3.05) is 20.1 Å². The van der Waals surface area contributed by atoms with Crippen LogP contribution >= 0.6 is 0 Å². The molecule has 0 saturated heterocycles. The van der Waals surface area contributed by atoms with Gasteiger partial charge in [0.2, 0.25) is 0 Å². The number of H-pyrrole nitrogens is 1. The summed E-state index contributed by atoms with van der Waals surface area (Å²) in [6.07, 6.45) is 0.857. The fraction of sp³-hybridized carbons (Fsp3) is 0.500. The summed E-state index contributed by atoms with van der Waals surface area (Å²) in [5, 5.41) is 9.74. The Kier molecular flexibility index (Phi) is 3.78. The van der Waals surface area contributed by atoms with Crippen molar-refractivity contribution in [2.45, 2.75) is 25.9 Å². The van der Waals surface area contributed by atoms with E-state index in [1.807, 2.05) is 19.2 Å². The van der Waals surface area contributed by atoms with Crippen molar-refractivity contribution >= 4 is 11.1 Å². The van der Waals surface area contributed by atoms with Crippen LogP contribution in [0.25, 0.3) is 11.1 Å². The Morgan fingerprint density at radius 3 is 2.84 bits per heavy atom.